The molecule has 1 saturated heterocycles. The van der Waals surface area contributed by atoms with E-state index in [1.807, 2.05) is 17.5 Å². The first kappa shape index (κ1) is 15.2. The zero-order valence-electron chi connectivity index (χ0n) is 12.8. The van der Waals surface area contributed by atoms with Crippen LogP contribution in [0.2, 0.25) is 0 Å². The van der Waals surface area contributed by atoms with E-state index >= 15 is 0 Å². The zero-order chi connectivity index (χ0) is 15.4. The first-order valence-corrected chi connectivity index (χ1v) is 8.64. The Labute approximate surface area is 134 Å². The Kier molecular flexibility index (Phi) is 4.90. The number of aryl methyl sites for hydroxylation is 1. The van der Waals surface area contributed by atoms with Gasteiger partial charge in [-0.1, -0.05) is 6.07 Å². The maximum absolute atomic E-state index is 12.2. The van der Waals surface area contributed by atoms with Crippen LogP contribution in [0.3, 0.4) is 0 Å². The summed E-state index contributed by atoms with van der Waals surface area (Å²) < 4.78 is 5.60. The second-order valence-electron chi connectivity index (χ2n) is 5.56. The van der Waals surface area contributed by atoms with Crippen LogP contribution in [-0.2, 0) is 0 Å². The maximum atomic E-state index is 12.2. The molecule has 0 radical (unpaired) electrons. The molecule has 0 spiro atoms. The van der Waals surface area contributed by atoms with Gasteiger partial charge in [0.05, 0.1) is 4.88 Å². The lowest BCUT2D eigenvalue weighted by Gasteiger charge is -2.13. The highest BCUT2D eigenvalue weighted by atomic mass is 32.1. The second kappa shape index (κ2) is 7.07. The molecule has 0 saturated carbocycles. The van der Waals surface area contributed by atoms with E-state index in [4.69, 9.17) is 4.42 Å². The third-order valence-corrected chi connectivity index (χ3v) is 4.74. The van der Waals surface area contributed by atoms with Gasteiger partial charge in [0.1, 0.15) is 5.76 Å². The Morgan fingerprint density at radius 1 is 1.45 bits per heavy atom. The van der Waals surface area contributed by atoms with Crippen LogP contribution in [0.15, 0.2) is 21.9 Å². The lowest BCUT2D eigenvalue weighted by molar-refractivity contribution is 0.0946. The fourth-order valence-electron chi connectivity index (χ4n) is 2.71. The van der Waals surface area contributed by atoms with Crippen molar-refractivity contribution in [1.29, 1.82) is 0 Å². The number of thiophene rings is 1. The molecule has 2 aromatic heterocycles. The number of rotatable bonds is 6. The van der Waals surface area contributed by atoms with Gasteiger partial charge in [0, 0.05) is 6.54 Å². The third-order valence-electron chi connectivity index (χ3n) is 3.88. The number of carbonyl (C=O) groups is 1. The van der Waals surface area contributed by atoms with E-state index in [0.717, 1.165) is 17.8 Å². The molecule has 0 bridgehead atoms. The van der Waals surface area contributed by atoms with Crippen LogP contribution in [0.1, 0.15) is 35.5 Å². The van der Waals surface area contributed by atoms with Crippen molar-refractivity contribution in [3.63, 3.8) is 0 Å². The molecule has 5 nitrogen and oxygen atoms in total. The van der Waals surface area contributed by atoms with E-state index < -0.39 is 0 Å². The van der Waals surface area contributed by atoms with Crippen molar-refractivity contribution in [2.75, 3.05) is 26.2 Å². The van der Waals surface area contributed by atoms with Crippen LogP contribution >= 0.6 is 11.3 Å². The number of aromatic nitrogens is 1. The maximum Gasteiger partial charge on any atom is 0.273 e. The quantitative estimate of drug-likeness (QED) is 0.832. The minimum absolute atomic E-state index is 0.148. The van der Waals surface area contributed by atoms with Crippen molar-refractivity contribution in [1.82, 2.24) is 15.2 Å². The van der Waals surface area contributed by atoms with Gasteiger partial charge in [0.25, 0.3) is 5.91 Å². The Balaban J connectivity index is 1.51. The summed E-state index contributed by atoms with van der Waals surface area (Å²) in [6, 6.07) is 3.88. The smallest absolute Gasteiger partial charge is 0.273 e. The largest absolute Gasteiger partial charge is 0.440 e. The Morgan fingerprint density at radius 3 is 3.00 bits per heavy atom. The van der Waals surface area contributed by atoms with E-state index in [1.165, 1.54) is 25.9 Å². The summed E-state index contributed by atoms with van der Waals surface area (Å²) in [5, 5.41) is 4.90. The number of nitrogens with one attached hydrogen (secondary N) is 1. The van der Waals surface area contributed by atoms with Crippen molar-refractivity contribution in [2.24, 2.45) is 0 Å². The van der Waals surface area contributed by atoms with Crippen LogP contribution in [0, 0.1) is 6.92 Å². The summed E-state index contributed by atoms with van der Waals surface area (Å²) in [7, 11) is 0. The molecule has 0 aliphatic carbocycles. The van der Waals surface area contributed by atoms with E-state index in [-0.39, 0.29) is 5.91 Å². The van der Waals surface area contributed by atoms with Gasteiger partial charge in [-0.15, -0.1) is 11.3 Å². The topological polar surface area (TPSA) is 58.4 Å². The Hall–Kier alpha value is -1.66. The van der Waals surface area contributed by atoms with E-state index in [9.17, 15) is 4.79 Å². The normalized spacial score (nSPS) is 15.3. The second-order valence-corrected chi connectivity index (χ2v) is 6.51. The highest BCUT2D eigenvalue weighted by Crippen LogP contribution is 2.25. The molecule has 3 rings (SSSR count). The SMILES string of the molecule is Cc1oc(-c2cccs2)nc1C(=O)NCCCN1CCCC1. The first-order chi connectivity index (χ1) is 10.7. The highest BCUT2D eigenvalue weighted by Gasteiger charge is 2.18. The van der Waals surface area contributed by atoms with Crippen LogP contribution in [-0.4, -0.2) is 42.0 Å². The molecule has 6 heteroatoms. The lowest BCUT2D eigenvalue weighted by atomic mass is 10.3. The van der Waals surface area contributed by atoms with Crippen LogP contribution in [0.25, 0.3) is 10.8 Å². The predicted octanol–water partition coefficient (Wildman–Crippen LogP) is 2.93. The van der Waals surface area contributed by atoms with Gasteiger partial charge < -0.3 is 14.6 Å². The molecular weight excluding hydrogens is 298 g/mol. The number of hydrogen-bond donors (Lipinski definition) is 1. The van der Waals surface area contributed by atoms with Gasteiger partial charge in [0.15, 0.2) is 5.69 Å². The molecule has 1 aliphatic heterocycles. The summed E-state index contributed by atoms with van der Waals surface area (Å²) in [5.41, 5.74) is 0.393. The minimum atomic E-state index is -0.148. The highest BCUT2D eigenvalue weighted by molar-refractivity contribution is 7.13. The summed E-state index contributed by atoms with van der Waals surface area (Å²) in [6.45, 7) is 5.90. The van der Waals surface area contributed by atoms with E-state index in [0.29, 0.717) is 23.9 Å². The molecule has 0 atom stereocenters. The average molecular weight is 319 g/mol. The molecule has 0 aromatic carbocycles. The standard InChI is InChI=1S/C16H21N3O2S/c1-12-14(18-16(21-12)13-6-4-11-22-13)15(20)17-7-5-10-19-8-2-3-9-19/h4,6,11H,2-3,5,7-10H2,1H3,(H,17,20). The van der Waals surface area contributed by atoms with Gasteiger partial charge in [-0.25, -0.2) is 4.98 Å². The fourth-order valence-corrected chi connectivity index (χ4v) is 3.36. The molecule has 22 heavy (non-hydrogen) atoms. The Morgan fingerprint density at radius 2 is 2.27 bits per heavy atom. The molecule has 1 N–H and O–H groups in total. The van der Waals surface area contributed by atoms with Crippen LogP contribution in [0.5, 0.6) is 0 Å². The fraction of sp³-hybridized carbons (Fsp3) is 0.500. The molecule has 2 aromatic rings. The van der Waals surface area contributed by atoms with Crippen LogP contribution < -0.4 is 5.32 Å². The van der Waals surface area contributed by atoms with Crippen molar-refractivity contribution in [2.45, 2.75) is 26.2 Å². The van der Waals surface area contributed by atoms with Crippen molar-refractivity contribution in [3.05, 3.63) is 29.0 Å². The van der Waals surface area contributed by atoms with E-state index in [1.54, 1.807) is 18.3 Å². The number of amides is 1. The van der Waals surface area contributed by atoms with Crippen LogP contribution in [0.4, 0.5) is 0 Å². The van der Waals surface area contributed by atoms with Gasteiger partial charge in [0.2, 0.25) is 5.89 Å². The predicted molar refractivity (Wildman–Crippen MR) is 87.2 cm³/mol. The minimum Gasteiger partial charge on any atom is -0.440 e. The van der Waals surface area contributed by atoms with Gasteiger partial charge >= 0.3 is 0 Å². The molecule has 3 heterocycles. The van der Waals surface area contributed by atoms with Gasteiger partial charge in [-0.05, 0) is 57.3 Å². The molecule has 1 aliphatic rings. The number of oxazole rings is 1. The summed E-state index contributed by atoms with van der Waals surface area (Å²) in [4.78, 5) is 19.9. The molecular formula is C16H21N3O2S. The summed E-state index contributed by atoms with van der Waals surface area (Å²) in [5.74, 6) is 0.945. The number of hydrogen-bond acceptors (Lipinski definition) is 5. The van der Waals surface area contributed by atoms with Gasteiger partial charge in [-0.3, -0.25) is 4.79 Å². The molecule has 1 amide bonds. The molecule has 118 valence electrons. The van der Waals surface area contributed by atoms with E-state index in [2.05, 4.69) is 15.2 Å². The zero-order valence-corrected chi connectivity index (χ0v) is 13.6. The van der Waals surface area contributed by atoms with Crippen molar-refractivity contribution >= 4 is 17.2 Å². The monoisotopic (exact) mass is 319 g/mol. The molecule has 1 fully saturated rings. The van der Waals surface area contributed by atoms with Crippen molar-refractivity contribution in [3.8, 4) is 10.8 Å². The lowest BCUT2D eigenvalue weighted by Crippen LogP contribution is -2.29. The van der Waals surface area contributed by atoms with Gasteiger partial charge in [-0.2, -0.15) is 0 Å². The average Bonchev–Trinajstić information content (AvgIpc) is 3.24. The summed E-state index contributed by atoms with van der Waals surface area (Å²) >= 11 is 1.55. The first-order valence-electron chi connectivity index (χ1n) is 7.76. The molecule has 0 unspecified atom stereocenters. The number of likely N-dealkylation sites (tertiary alicyclic amines) is 1. The Bertz CT molecular complexity index is 615. The summed E-state index contributed by atoms with van der Waals surface area (Å²) in [6.07, 6.45) is 3.58. The van der Waals surface area contributed by atoms with Crippen molar-refractivity contribution < 1.29 is 9.21 Å². The number of carbonyl (C=O) groups excluding carboxylic acids is 1. The third kappa shape index (κ3) is 3.56. The number of nitrogens with zero attached hydrogens (tertiary/aromatic N) is 2.